The smallest absolute Gasteiger partial charge is 0.0842 e. The molecule has 1 saturated carbocycles. The summed E-state index contributed by atoms with van der Waals surface area (Å²) in [5.41, 5.74) is 2.07. The first-order valence-corrected chi connectivity index (χ1v) is 4.11. The second-order valence-corrected chi connectivity index (χ2v) is 3.15. The summed E-state index contributed by atoms with van der Waals surface area (Å²) in [6.45, 7) is 7.87. The van der Waals surface area contributed by atoms with Crippen molar-refractivity contribution in [1.82, 2.24) is 0 Å². The number of rotatable bonds is 2. The molecule has 0 spiro atoms. The average molecular weight is 168 g/mol. The zero-order valence-corrected chi connectivity index (χ0v) is 7.80. The maximum atomic E-state index is 5.27. The number of methoxy groups -OCH3 is 2. The Balaban J connectivity index is 2.64. The molecular weight excluding hydrogens is 152 g/mol. The highest BCUT2D eigenvalue weighted by atomic mass is 16.5. The second-order valence-electron chi connectivity index (χ2n) is 3.15. The maximum Gasteiger partial charge on any atom is 0.0842 e. The summed E-state index contributed by atoms with van der Waals surface area (Å²) in [6.07, 6.45) is 2.12. The van der Waals surface area contributed by atoms with Crippen LogP contribution in [0.2, 0.25) is 0 Å². The van der Waals surface area contributed by atoms with E-state index in [-0.39, 0.29) is 12.2 Å². The van der Waals surface area contributed by atoms with Crippen LogP contribution in [-0.2, 0) is 9.47 Å². The van der Waals surface area contributed by atoms with E-state index in [1.54, 1.807) is 14.2 Å². The van der Waals surface area contributed by atoms with E-state index >= 15 is 0 Å². The quantitative estimate of drug-likeness (QED) is 0.627. The lowest BCUT2D eigenvalue weighted by atomic mass is 9.87. The SMILES string of the molecule is C=C1CC(OC)CC(OC)C1=C. The van der Waals surface area contributed by atoms with Crippen molar-refractivity contribution < 1.29 is 9.47 Å². The molecule has 1 aliphatic rings. The van der Waals surface area contributed by atoms with Gasteiger partial charge >= 0.3 is 0 Å². The molecule has 0 heterocycles. The van der Waals surface area contributed by atoms with Crippen molar-refractivity contribution in [2.45, 2.75) is 25.0 Å². The Kier molecular flexibility index (Phi) is 3.06. The zero-order valence-electron chi connectivity index (χ0n) is 7.80. The molecule has 0 aromatic carbocycles. The van der Waals surface area contributed by atoms with Crippen LogP contribution in [-0.4, -0.2) is 26.4 Å². The van der Waals surface area contributed by atoms with Crippen molar-refractivity contribution in [3.63, 3.8) is 0 Å². The van der Waals surface area contributed by atoms with Gasteiger partial charge in [-0.15, -0.1) is 0 Å². The Labute approximate surface area is 73.9 Å². The average Bonchev–Trinajstić information content (AvgIpc) is 2.09. The first-order chi connectivity index (χ1) is 5.69. The molecule has 0 bridgehead atoms. The van der Waals surface area contributed by atoms with Gasteiger partial charge in [0.2, 0.25) is 0 Å². The second kappa shape index (κ2) is 3.87. The van der Waals surface area contributed by atoms with Crippen molar-refractivity contribution in [3.05, 3.63) is 24.3 Å². The van der Waals surface area contributed by atoms with Crippen molar-refractivity contribution in [2.24, 2.45) is 0 Å². The Bertz CT molecular complexity index is 196. The fraction of sp³-hybridized carbons (Fsp3) is 0.600. The first-order valence-electron chi connectivity index (χ1n) is 4.11. The van der Waals surface area contributed by atoms with Crippen LogP contribution < -0.4 is 0 Å². The molecule has 1 fully saturated rings. The standard InChI is InChI=1S/C10H16O2/c1-7-5-9(11-3)6-10(12-4)8(7)2/h9-10H,1-2,5-6H2,3-4H3. The van der Waals surface area contributed by atoms with E-state index in [0.717, 1.165) is 24.0 Å². The molecule has 0 aromatic rings. The van der Waals surface area contributed by atoms with Crippen molar-refractivity contribution >= 4 is 0 Å². The number of hydrogen-bond acceptors (Lipinski definition) is 2. The Hall–Kier alpha value is -0.600. The van der Waals surface area contributed by atoms with Crippen LogP contribution in [0.15, 0.2) is 24.3 Å². The molecule has 2 heteroatoms. The highest BCUT2D eigenvalue weighted by Crippen LogP contribution is 2.29. The normalized spacial score (nSPS) is 30.8. The molecule has 2 nitrogen and oxygen atoms in total. The Morgan fingerprint density at radius 1 is 1.25 bits per heavy atom. The molecule has 2 unspecified atom stereocenters. The molecule has 0 aliphatic heterocycles. The van der Waals surface area contributed by atoms with Crippen LogP contribution in [0, 0.1) is 0 Å². The van der Waals surface area contributed by atoms with Gasteiger partial charge in [0.25, 0.3) is 0 Å². The Morgan fingerprint density at radius 3 is 2.42 bits per heavy atom. The summed E-state index contributed by atoms with van der Waals surface area (Å²) in [5, 5.41) is 0. The minimum atomic E-state index is 0.0937. The minimum absolute atomic E-state index is 0.0937. The molecule has 0 aromatic heterocycles. The van der Waals surface area contributed by atoms with Crippen molar-refractivity contribution in [3.8, 4) is 0 Å². The molecule has 1 rings (SSSR count). The molecule has 68 valence electrons. The van der Waals surface area contributed by atoms with E-state index in [1.807, 2.05) is 0 Å². The fourth-order valence-electron chi connectivity index (χ4n) is 1.52. The van der Waals surface area contributed by atoms with Crippen molar-refractivity contribution in [1.29, 1.82) is 0 Å². The molecule has 12 heavy (non-hydrogen) atoms. The number of ether oxygens (including phenoxy) is 2. The van der Waals surface area contributed by atoms with E-state index < -0.39 is 0 Å². The van der Waals surface area contributed by atoms with Gasteiger partial charge in [0.05, 0.1) is 12.2 Å². The third-order valence-electron chi connectivity index (χ3n) is 2.41. The van der Waals surface area contributed by atoms with Gasteiger partial charge in [0.1, 0.15) is 0 Å². The highest BCUT2D eigenvalue weighted by molar-refractivity contribution is 5.32. The van der Waals surface area contributed by atoms with Gasteiger partial charge in [-0.05, 0) is 17.6 Å². The van der Waals surface area contributed by atoms with Gasteiger partial charge < -0.3 is 9.47 Å². The predicted octanol–water partition coefficient (Wildman–Crippen LogP) is 1.92. The summed E-state index contributed by atoms with van der Waals surface area (Å²) in [6, 6.07) is 0. The fourth-order valence-corrected chi connectivity index (χ4v) is 1.52. The Morgan fingerprint density at radius 2 is 1.92 bits per heavy atom. The molecule has 1 aliphatic carbocycles. The molecular formula is C10H16O2. The van der Waals surface area contributed by atoms with E-state index in [9.17, 15) is 0 Å². The third-order valence-corrected chi connectivity index (χ3v) is 2.41. The lowest BCUT2D eigenvalue weighted by Crippen LogP contribution is -2.29. The van der Waals surface area contributed by atoms with Gasteiger partial charge in [0.15, 0.2) is 0 Å². The maximum absolute atomic E-state index is 5.27. The van der Waals surface area contributed by atoms with Crippen LogP contribution in [0.25, 0.3) is 0 Å². The van der Waals surface area contributed by atoms with Crippen LogP contribution in [0.3, 0.4) is 0 Å². The largest absolute Gasteiger partial charge is 0.381 e. The highest BCUT2D eigenvalue weighted by Gasteiger charge is 2.26. The summed E-state index contributed by atoms with van der Waals surface area (Å²) < 4.78 is 10.5. The van der Waals surface area contributed by atoms with Gasteiger partial charge in [-0.3, -0.25) is 0 Å². The lowest BCUT2D eigenvalue weighted by Gasteiger charge is -2.30. The van der Waals surface area contributed by atoms with Gasteiger partial charge in [-0.1, -0.05) is 13.2 Å². The van der Waals surface area contributed by atoms with Crippen LogP contribution >= 0.6 is 0 Å². The topological polar surface area (TPSA) is 18.5 Å². The van der Waals surface area contributed by atoms with E-state index in [1.165, 1.54) is 0 Å². The van der Waals surface area contributed by atoms with Gasteiger partial charge in [0, 0.05) is 20.6 Å². The van der Waals surface area contributed by atoms with Crippen LogP contribution in [0.5, 0.6) is 0 Å². The summed E-state index contributed by atoms with van der Waals surface area (Å²) in [5.74, 6) is 0. The summed E-state index contributed by atoms with van der Waals surface area (Å²) >= 11 is 0. The zero-order chi connectivity index (χ0) is 9.14. The van der Waals surface area contributed by atoms with Crippen molar-refractivity contribution in [2.75, 3.05) is 14.2 Å². The predicted molar refractivity (Wildman–Crippen MR) is 49.1 cm³/mol. The summed E-state index contributed by atoms with van der Waals surface area (Å²) in [7, 11) is 3.42. The molecule has 0 radical (unpaired) electrons. The molecule has 0 saturated heterocycles. The van der Waals surface area contributed by atoms with Gasteiger partial charge in [-0.2, -0.15) is 0 Å². The van der Waals surface area contributed by atoms with Gasteiger partial charge in [-0.25, -0.2) is 0 Å². The van der Waals surface area contributed by atoms with Crippen LogP contribution in [0.4, 0.5) is 0 Å². The number of hydrogen-bond donors (Lipinski definition) is 0. The summed E-state index contributed by atoms with van der Waals surface area (Å²) in [4.78, 5) is 0. The lowest BCUT2D eigenvalue weighted by molar-refractivity contribution is 0.0279. The van der Waals surface area contributed by atoms with E-state index in [0.29, 0.717) is 0 Å². The monoisotopic (exact) mass is 168 g/mol. The van der Waals surface area contributed by atoms with Crippen LogP contribution in [0.1, 0.15) is 12.8 Å². The van der Waals surface area contributed by atoms with E-state index in [2.05, 4.69) is 13.2 Å². The molecule has 0 N–H and O–H groups in total. The third kappa shape index (κ3) is 1.76. The van der Waals surface area contributed by atoms with E-state index in [4.69, 9.17) is 9.47 Å². The molecule has 0 amide bonds. The first kappa shape index (κ1) is 9.49. The molecule has 2 atom stereocenters. The minimum Gasteiger partial charge on any atom is -0.381 e.